The van der Waals surface area contributed by atoms with Gasteiger partial charge in [0.05, 0.1) is 16.0 Å². The Hall–Kier alpha value is -3.51. The van der Waals surface area contributed by atoms with E-state index in [2.05, 4.69) is 0 Å². The van der Waals surface area contributed by atoms with E-state index < -0.39 is 5.82 Å². The molecular formula is C27H22ClFO5. The molecule has 1 aromatic heterocycles. The minimum absolute atomic E-state index is 0.127. The first-order chi connectivity index (χ1) is 16.4. The molecule has 0 radical (unpaired) electrons. The van der Waals surface area contributed by atoms with Gasteiger partial charge in [-0.25, -0.2) is 4.39 Å². The summed E-state index contributed by atoms with van der Waals surface area (Å²) >= 11 is 6.13. The van der Waals surface area contributed by atoms with E-state index in [0.29, 0.717) is 75.3 Å². The number of ether oxygens (including phenoxy) is 3. The van der Waals surface area contributed by atoms with E-state index in [1.54, 1.807) is 19.1 Å². The normalized spacial score (nSPS) is 12.7. The van der Waals surface area contributed by atoms with Crippen molar-refractivity contribution in [1.29, 1.82) is 0 Å². The van der Waals surface area contributed by atoms with Crippen LogP contribution in [0, 0.1) is 12.7 Å². The largest absolute Gasteiger partial charge is 0.488 e. The molecule has 0 bridgehead atoms. The Morgan fingerprint density at radius 2 is 1.79 bits per heavy atom. The number of aryl methyl sites for hydroxylation is 2. The van der Waals surface area contributed by atoms with E-state index in [4.69, 9.17) is 30.2 Å². The van der Waals surface area contributed by atoms with E-state index in [-0.39, 0.29) is 12.0 Å². The van der Waals surface area contributed by atoms with Gasteiger partial charge in [0.25, 0.3) is 0 Å². The number of fused-ring (bicyclic) bond motifs is 2. The van der Waals surface area contributed by atoms with E-state index in [1.807, 2.05) is 31.2 Å². The molecule has 34 heavy (non-hydrogen) atoms. The fourth-order valence-corrected chi connectivity index (χ4v) is 4.34. The number of hydrogen-bond donors (Lipinski definition) is 0. The molecule has 0 saturated heterocycles. The standard InChI is InChI=1S/C27H22ClFO5/c1-3-16-10-20-24(13-23(16)33-14-18-4-6-19(29)12-21(18)28)34-15(2)26(27(20)30)17-5-7-22-25(11-17)32-9-8-31-22/h4-7,10-13H,3,8-9,14H2,1-2H3. The Morgan fingerprint density at radius 3 is 2.56 bits per heavy atom. The summed E-state index contributed by atoms with van der Waals surface area (Å²) in [6.07, 6.45) is 0.648. The molecule has 4 aromatic rings. The van der Waals surface area contributed by atoms with Gasteiger partial charge >= 0.3 is 0 Å². The molecule has 0 aliphatic carbocycles. The third-order valence-corrected chi connectivity index (χ3v) is 6.21. The molecule has 1 aliphatic heterocycles. The number of halogens is 2. The Labute approximate surface area is 200 Å². The highest BCUT2D eigenvalue weighted by Gasteiger charge is 2.19. The smallest absolute Gasteiger partial charge is 0.200 e. The van der Waals surface area contributed by atoms with Crippen LogP contribution in [0.1, 0.15) is 23.8 Å². The van der Waals surface area contributed by atoms with Gasteiger partial charge in [-0.1, -0.05) is 30.7 Å². The molecular weight excluding hydrogens is 459 g/mol. The maximum Gasteiger partial charge on any atom is 0.200 e. The molecule has 5 rings (SSSR count). The van der Waals surface area contributed by atoms with E-state index in [1.165, 1.54) is 12.1 Å². The predicted octanol–water partition coefficient (Wildman–Crippen LogP) is 6.47. The molecule has 174 valence electrons. The van der Waals surface area contributed by atoms with Gasteiger partial charge in [0.2, 0.25) is 5.43 Å². The van der Waals surface area contributed by atoms with Crippen molar-refractivity contribution in [3.63, 3.8) is 0 Å². The van der Waals surface area contributed by atoms with Crippen LogP contribution in [-0.2, 0) is 13.0 Å². The van der Waals surface area contributed by atoms with E-state index in [9.17, 15) is 9.18 Å². The summed E-state index contributed by atoms with van der Waals surface area (Å²) in [6, 6.07) is 13.2. The van der Waals surface area contributed by atoms with Gasteiger partial charge in [0.1, 0.15) is 42.7 Å². The lowest BCUT2D eigenvalue weighted by molar-refractivity contribution is 0.171. The van der Waals surface area contributed by atoms with Crippen LogP contribution in [0.2, 0.25) is 5.02 Å². The molecule has 0 atom stereocenters. The first-order valence-electron chi connectivity index (χ1n) is 11.0. The van der Waals surface area contributed by atoms with Crippen LogP contribution in [0.4, 0.5) is 4.39 Å². The lowest BCUT2D eigenvalue weighted by Crippen LogP contribution is -2.15. The molecule has 0 N–H and O–H groups in total. The van der Waals surface area contributed by atoms with Gasteiger partial charge in [-0.2, -0.15) is 0 Å². The number of benzene rings is 3. The second kappa shape index (κ2) is 9.03. The summed E-state index contributed by atoms with van der Waals surface area (Å²) in [4.78, 5) is 13.5. The van der Waals surface area contributed by atoms with Crippen molar-refractivity contribution >= 4 is 22.6 Å². The zero-order valence-electron chi connectivity index (χ0n) is 18.7. The van der Waals surface area contributed by atoms with Gasteiger partial charge in [-0.15, -0.1) is 0 Å². The third-order valence-electron chi connectivity index (χ3n) is 5.86. The average Bonchev–Trinajstić information content (AvgIpc) is 2.83. The lowest BCUT2D eigenvalue weighted by atomic mass is 10.00. The highest BCUT2D eigenvalue weighted by atomic mass is 35.5. The minimum atomic E-state index is -0.403. The highest BCUT2D eigenvalue weighted by molar-refractivity contribution is 6.31. The Morgan fingerprint density at radius 1 is 1.00 bits per heavy atom. The van der Waals surface area contributed by atoms with Crippen LogP contribution in [0.15, 0.2) is 57.7 Å². The van der Waals surface area contributed by atoms with Crippen molar-refractivity contribution in [3.8, 4) is 28.4 Å². The minimum Gasteiger partial charge on any atom is -0.488 e. The van der Waals surface area contributed by atoms with E-state index >= 15 is 0 Å². The van der Waals surface area contributed by atoms with Crippen LogP contribution in [-0.4, -0.2) is 13.2 Å². The van der Waals surface area contributed by atoms with Crippen molar-refractivity contribution in [3.05, 3.63) is 86.5 Å². The quantitative estimate of drug-likeness (QED) is 0.327. The van der Waals surface area contributed by atoms with Crippen molar-refractivity contribution < 1.29 is 23.0 Å². The summed E-state index contributed by atoms with van der Waals surface area (Å²) in [6.45, 7) is 4.88. The monoisotopic (exact) mass is 480 g/mol. The molecule has 5 nitrogen and oxygen atoms in total. The van der Waals surface area contributed by atoms with Crippen LogP contribution in [0.3, 0.4) is 0 Å². The Kier molecular flexibility index (Phi) is 5.92. The van der Waals surface area contributed by atoms with Crippen LogP contribution in [0.25, 0.3) is 22.1 Å². The second-order valence-electron chi connectivity index (χ2n) is 8.05. The molecule has 0 unspecified atom stereocenters. The molecule has 7 heteroatoms. The first kappa shape index (κ1) is 22.3. The van der Waals surface area contributed by atoms with Crippen LogP contribution >= 0.6 is 11.6 Å². The summed E-state index contributed by atoms with van der Waals surface area (Å²) in [5.41, 5.74) is 3.02. The predicted molar refractivity (Wildman–Crippen MR) is 129 cm³/mol. The van der Waals surface area contributed by atoms with Gasteiger partial charge in [0.15, 0.2) is 11.5 Å². The third kappa shape index (κ3) is 4.10. The SMILES string of the molecule is CCc1cc2c(=O)c(-c3ccc4c(c3)OCCO4)c(C)oc2cc1OCc1ccc(F)cc1Cl. The lowest BCUT2D eigenvalue weighted by Gasteiger charge is -2.19. The van der Waals surface area contributed by atoms with Crippen molar-refractivity contribution in [2.45, 2.75) is 26.9 Å². The molecule has 3 aromatic carbocycles. The highest BCUT2D eigenvalue weighted by Crippen LogP contribution is 2.36. The average molecular weight is 481 g/mol. The molecule has 0 amide bonds. The van der Waals surface area contributed by atoms with Gasteiger partial charge in [-0.05, 0) is 54.8 Å². The topological polar surface area (TPSA) is 57.9 Å². The maximum atomic E-state index is 13.5. The first-order valence-corrected chi connectivity index (χ1v) is 11.4. The summed E-state index contributed by atoms with van der Waals surface area (Å²) in [5, 5.41) is 0.768. The Bertz CT molecular complexity index is 1460. The zero-order valence-corrected chi connectivity index (χ0v) is 19.5. The second-order valence-corrected chi connectivity index (χ2v) is 8.46. The van der Waals surface area contributed by atoms with Gasteiger partial charge in [-0.3, -0.25) is 4.79 Å². The molecule has 0 spiro atoms. The van der Waals surface area contributed by atoms with Crippen LogP contribution < -0.4 is 19.6 Å². The number of hydrogen-bond acceptors (Lipinski definition) is 5. The summed E-state index contributed by atoms with van der Waals surface area (Å²) < 4.78 is 36.7. The fourth-order valence-electron chi connectivity index (χ4n) is 4.12. The zero-order chi connectivity index (χ0) is 23.8. The van der Waals surface area contributed by atoms with E-state index in [0.717, 1.165) is 5.56 Å². The molecule has 0 saturated carbocycles. The number of rotatable bonds is 5. The summed E-state index contributed by atoms with van der Waals surface area (Å²) in [7, 11) is 0. The van der Waals surface area contributed by atoms with Gasteiger partial charge in [0, 0.05) is 11.6 Å². The molecule has 2 heterocycles. The summed E-state index contributed by atoms with van der Waals surface area (Å²) in [5.74, 6) is 1.95. The van der Waals surface area contributed by atoms with Crippen molar-refractivity contribution in [2.24, 2.45) is 0 Å². The van der Waals surface area contributed by atoms with Gasteiger partial charge < -0.3 is 18.6 Å². The van der Waals surface area contributed by atoms with Crippen molar-refractivity contribution in [2.75, 3.05) is 13.2 Å². The maximum absolute atomic E-state index is 13.5. The van der Waals surface area contributed by atoms with Crippen LogP contribution in [0.5, 0.6) is 17.2 Å². The Balaban J connectivity index is 1.54. The van der Waals surface area contributed by atoms with Crippen molar-refractivity contribution in [1.82, 2.24) is 0 Å². The molecule has 0 fully saturated rings. The fraction of sp³-hybridized carbons (Fsp3) is 0.222. The molecule has 1 aliphatic rings.